The van der Waals surface area contributed by atoms with Gasteiger partial charge in [0.2, 0.25) is 10.0 Å². The Balaban J connectivity index is 1.98. The van der Waals surface area contributed by atoms with Gasteiger partial charge in [0.1, 0.15) is 11.6 Å². The summed E-state index contributed by atoms with van der Waals surface area (Å²) in [6, 6.07) is 8.03. The lowest BCUT2D eigenvalue weighted by Crippen LogP contribution is -2.27. The molecule has 2 aromatic rings. The molecule has 0 bridgehead atoms. The van der Waals surface area contributed by atoms with E-state index in [1.54, 1.807) is 6.07 Å². The number of hydrogen-bond donors (Lipinski definition) is 2. The number of carbonyl (C=O) groups excluding carboxylic acids is 1. The van der Waals surface area contributed by atoms with Crippen LogP contribution >= 0.6 is 27.5 Å². The molecule has 0 unspecified atom stereocenters. The van der Waals surface area contributed by atoms with Crippen LogP contribution in [-0.4, -0.2) is 41.2 Å². The van der Waals surface area contributed by atoms with Crippen LogP contribution in [-0.2, 0) is 19.6 Å². The molecule has 152 valence electrons. The predicted molar refractivity (Wildman–Crippen MR) is 107 cm³/mol. The van der Waals surface area contributed by atoms with Crippen LogP contribution in [0.25, 0.3) is 0 Å². The molecule has 0 saturated carbocycles. The molecule has 11 heteroatoms. The Morgan fingerprint density at radius 3 is 2.64 bits per heavy atom. The van der Waals surface area contributed by atoms with E-state index in [0.29, 0.717) is 4.47 Å². The summed E-state index contributed by atoms with van der Waals surface area (Å²) in [5.41, 5.74) is 0.00599. The van der Waals surface area contributed by atoms with E-state index in [9.17, 15) is 17.6 Å². The molecule has 0 radical (unpaired) electrons. The molecule has 2 N–H and O–H groups in total. The highest BCUT2D eigenvalue weighted by atomic mass is 79.9. The van der Waals surface area contributed by atoms with E-state index >= 15 is 0 Å². The molecule has 0 atom stereocenters. The number of ether oxygens (including phenoxy) is 2. The van der Waals surface area contributed by atoms with Crippen molar-refractivity contribution in [2.75, 3.05) is 32.2 Å². The number of anilines is 1. The summed E-state index contributed by atoms with van der Waals surface area (Å²) in [5.74, 6) is -1.09. The maximum atomic E-state index is 13.7. The van der Waals surface area contributed by atoms with Crippen LogP contribution in [0.15, 0.2) is 45.8 Å². The highest BCUT2D eigenvalue weighted by Gasteiger charge is 2.16. The first-order valence-electron chi connectivity index (χ1n) is 7.89. The molecule has 0 fully saturated rings. The maximum Gasteiger partial charge on any atom is 0.262 e. The number of sulfonamides is 1. The van der Waals surface area contributed by atoms with Crippen molar-refractivity contribution in [3.05, 3.63) is 51.7 Å². The zero-order valence-electron chi connectivity index (χ0n) is 14.7. The molecule has 28 heavy (non-hydrogen) atoms. The van der Waals surface area contributed by atoms with Gasteiger partial charge in [0.25, 0.3) is 5.91 Å². The standard InChI is InChI=1S/C17H17BrClFN2O5S/c1-26-7-6-21-28(24,25)12-3-5-16(13(19)9-12)27-10-17(23)22-15-4-2-11(18)8-14(15)20/h2-5,8-9,21H,6-7,10H2,1H3,(H,22,23). The third kappa shape index (κ3) is 6.42. The van der Waals surface area contributed by atoms with Gasteiger partial charge in [-0.1, -0.05) is 27.5 Å². The number of rotatable bonds is 9. The Hall–Kier alpha value is -1.72. The van der Waals surface area contributed by atoms with Crippen LogP contribution in [0.5, 0.6) is 5.75 Å². The van der Waals surface area contributed by atoms with Crippen molar-refractivity contribution < 1.29 is 27.1 Å². The number of carbonyl (C=O) groups is 1. The minimum atomic E-state index is -3.75. The molecule has 1 amide bonds. The van der Waals surface area contributed by atoms with Crippen molar-refractivity contribution in [3.63, 3.8) is 0 Å². The number of halogens is 3. The third-order valence-corrected chi connectivity index (χ3v) is 5.62. The van der Waals surface area contributed by atoms with Gasteiger partial charge >= 0.3 is 0 Å². The normalized spacial score (nSPS) is 11.3. The Bertz CT molecular complexity index is 959. The van der Waals surface area contributed by atoms with Gasteiger partial charge < -0.3 is 14.8 Å². The number of benzene rings is 2. The summed E-state index contributed by atoms with van der Waals surface area (Å²) in [4.78, 5) is 11.9. The molecule has 0 spiro atoms. The molecule has 2 aromatic carbocycles. The summed E-state index contributed by atoms with van der Waals surface area (Å²) >= 11 is 9.17. The van der Waals surface area contributed by atoms with E-state index in [2.05, 4.69) is 26.0 Å². The van der Waals surface area contributed by atoms with E-state index in [1.807, 2.05) is 0 Å². The fraction of sp³-hybridized carbons (Fsp3) is 0.235. The monoisotopic (exact) mass is 494 g/mol. The van der Waals surface area contributed by atoms with E-state index < -0.39 is 28.4 Å². The molecular formula is C17H17BrClFN2O5S. The lowest BCUT2D eigenvalue weighted by atomic mass is 10.3. The highest BCUT2D eigenvalue weighted by Crippen LogP contribution is 2.27. The van der Waals surface area contributed by atoms with Gasteiger partial charge in [-0.05, 0) is 36.4 Å². The van der Waals surface area contributed by atoms with Crippen molar-refractivity contribution in [3.8, 4) is 5.75 Å². The van der Waals surface area contributed by atoms with Crippen molar-refractivity contribution in [1.29, 1.82) is 0 Å². The first kappa shape index (κ1) is 22.6. The second-order valence-corrected chi connectivity index (χ2v) is 8.53. The van der Waals surface area contributed by atoms with Crippen LogP contribution in [0.3, 0.4) is 0 Å². The third-order valence-electron chi connectivity index (χ3n) is 3.38. The molecule has 0 aromatic heterocycles. The molecule has 2 rings (SSSR count). The summed E-state index contributed by atoms with van der Waals surface area (Å²) in [6.07, 6.45) is 0. The van der Waals surface area contributed by atoms with Crippen molar-refractivity contribution >= 4 is 49.1 Å². The maximum absolute atomic E-state index is 13.7. The molecule has 0 saturated heterocycles. The molecule has 7 nitrogen and oxygen atoms in total. The fourth-order valence-corrected chi connectivity index (χ4v) is 3.72. The Labute approximate surface area is 175 Å². The molecule has 0 aliphatic carbocycles. The Morgan fingerprint density at radius 1 is 1.25 bits per heavy atom. The quantitative estimate of drug-likeness (QED) is 0.521. The number of nitrogens with one attached hydrogen (secondary N) is 2. The van der Waals surface area contributed by atoms with Crippen LogP contribution in [0, 0.1) is 5.82 Å². The largest absolute Gasteiger partial charge is 0.482 e. The summed E-state index contributed by atoms with van der Waals surface area (Å²) < 4.78 is 51.0. The molecule has 0 aliphatic rings. The summed E-state index contributed by atoms with van der Waals surface area (Å²) in [7, 11) is -2.29. The fourth-order valence-electron chi connectivity index (χ4n) is 2.05. The average Bonchev–Trinajstić information content (AvgIpc) is 2.63. The van der Waals surface area contributed by atoms with Crippen LogP contribution in [0.2, 0.25) is 5.02 Å². The zero-order valence-corrected chi connectivity index (χ0v) is 17.8. The molecule has 0 heterocycles. The first-order valence-corrected chi connectivity index (χ1v) is 10.5. The van der Waals surface area contributed by atoms with E-state index in [0.717, 1.165) is 0 Å². The topological polar surface area (TPSA) is 93.7 Å². The van der Waals surface area contributed by atoms with E-state index in [-0.39, 0.29) is 34.5 Å². The summed E-state index contributed by atoms with van der Waals surface area (Å²) in [6.45, 7) is -0.100. The Morgan fingerprint density at radius 2 is 2.00 bits per heavy atom. The minimum absolute atomic E-state index is 0.00599. The molecular weight excluding hydrogens is 479 g/mol. The van der Waals surface area contributed by atoms with Gasteiger partial charge in [0, 0.05) is 18.1 Å². The van der Waals surface area contributed by atoms with Gasteiger partial charge in [0.05, 0.1) is 22.2 Å². The predicted octanol–water partition coefficient (Wildman–Crippen LogP) is 3.18. The molecule has 0 aliphatic heterocycles. The SMILES string of the molecule is COCCNS(=O)(=O)c1ccc(OCC(=O)Nc2ccc(Br)cc2F)c(Cl)c1. The zero-order chi connectivity index (χ0) is 20.7. The van der Waals surface area contributed by atoms with Crippen molar-refractivity contribution in [2.45, 2.75) is 4.90 Å². The lowest BCUT2D eigenvalue weighted by molar-refractivity contribution is -0.118. The van der Waals surface area contributed by atoms with Gasteiger partial charge in [-0.25, -0.2) is 17.5 Å². The van der Waals surface area contributed by atoms with Gasteiger partial charge in [0.15, 0.2) is 6.61 Å². The number of amides is 1. The van der Waals surface area contributed by atoms with Crippen LogP contribution < -0.4 is 14.8 Å². The smallest absolute Gasteiger partial charge is 0.262 e. The van der Waals surface area contributed by atoms with Crippen LogP contribution in [0.4, 0.5) is 10.1 Å². The van der Waals surface area contributed by atoms with Crippen molar-refractivity contribution in [2.24, 2.45) is 0 Å². The van der Waals surface area contributed by atoms with Crippen LogP contribution in [0.1, 0.15) is 0 Å². The van der Waals surface area contributed by atoms with Crippen molar-refractivity contribution in [1.82, 2.24) is 4.72 Å². The second-order valence-electron chi connectivity index (χ2n) is 5.44. The highest BCUT2D eigenvalue weighted by molar-refractivity contribution is 9.10. The lowest BCUT2D eigenvalue weighted by Gasteiger charge is -2.11. The number of methoxy groups -OCH3 is 1. The van der Waals surface area contributed by atoms with Gasteiger partial charge in [-0.15, -0.1) is 0 Å². The number of hydrogen-bond acceptors (Lipinski definition) is 5. The van der Waals surface area contributed by atoms with Gasteiger partial charge in [-0.3, -0.25) is 4.79 Å². The first-order chi connectivity index (χ1) is 13.2. The van der Waals surface area contributed by atoms with E-state index in [4.69, 9.17) is 21.1 Å². The average molecular weight is 496 g/mol. The second kappa shape index (κ2) is 10.2. The minimum Gasteiger partial charge on any atom is -0.482 e. The Kier molecular flexibility index (Phi) is 8.20. The van der Waals surface area contributed by atoms with Gasteiger partial charge in [-0.2, -0.15) is 0 Å². The summed E-state index contributed by atoms with van der Waals surface area (Å²) in [5, 5.41) is 2.38. The van der Waals surface area contributed by atoms with E-state index in [1.165, 1.54) is 37.4 Å².